The first-order valence-electron chi connectivity index (χ1n) is 8.54. The summed E-state index contributed by atoms with van der Waals surface area (Å²) >= 11 is 1.36. The lowest BCUT2D eigenvalue weighted by Gasteiger charge is -2.18. The number of hydrogen-bond donors (Lipinski definition) is 2. The highest BCUT2D eigenvalue weighted by Crippen LogP contribution is 2.30. The molecule has 10 heteroatoms. The topological polar surface area (TPSA) is 84.5 Å². The molecule has 1 aromatic heterocycles. The van der Waals surface area contributed by atoms with Gasteiger partial charge >= 0.3 is 12.1 Å². The van der Waals surface area contributed by atoms with Crippen LogP contribution in [0.25, 0.3) is 0 Å². The third kappa shape index (κ3) is 6.90. The van der Waals surface area contributed by atoms with Crippen molar-refractivity contribution in [3.63, 3.8) is 0 Å². The van der Waals surface area contributed by atoms with Crippen LogP contribution >= 0.6 is 11.3 Å². The molecule has 0 bridgehead atoms. The molecule has 0 saturated heterocycles. The van der Waals surface area contributed by atoms with Gasteiger partial charge in [-0.3, -0.25) is 14.4 Å². The molecule has 0 spiro atoms. The molecule has 2 N–H and O–H groups in total. The number of esters is 1. The van der Waals surface area contributed by atoms with E-state index in [-0.39, 0.29) is 18.0 Å². The van der Waals surface area contributed by atoms with Crippen molar-refractivity contribution in [2.75, 3.05) is 5.32 Å². The van der Waals surface area contributed by atoms with E-state index in [2.05, 4.69) is 10.6 Å². The largest absolute Gasteiger partial charge is 0.452 e. The molecule has 0 radical (unpaired) electrons. The third-order valence-corrected chi connectivity index (χ3v) is 4.78. The highest BCUT2D eigenvalue weighted by Gasteiger charge is 2.30. The summed E-state index contributed by atoms with van der Waals surface area (Å²) in [5, 5.41) is 6.84. The lowest BCUT2D eigenvalue weighted by Crippen LogP contribution is -2.32. The zero-order valence-corrected chi connectivity index (χ0v) is 16.4. The summed E-state index contributed by atoms with van der Waals surface area (Å²) in [5.74, 6) is -1.71. The van der Waals surface area contributed by atoms with Crippen LogP contribution < -0.4 is 10.6 Å². The van der Waals surface area contributed by atoms with Crippen molar-refractivity contribution < 1.29 is 32.3 Å². The molecule has 156 valence electrons. The number of nitrogens with one attached hydrogen (secondary N) is 2. The van der Waals surface area contributed by atoms with E-state index in [0.717, 1.165) is 29.1 Å². The lowest BCUT2D eigenvalue weighted by molar-refractivity contribution is -0.153. The molecule has 2 unspecified atom stereocenters. The summed E-state index contributed by atoms with van der Waals surface area (Å²) in [7, 11) is 0. The second-order valence-corrected chi connectivity index (χ2v) is 7.15. The van der Waals surface area contributed by atoms with Crippen LogP contribution in [-0.4, -0.2) is 23.9 Å². The number of ether oxygens (including phenoxy) is 1. The van der Waals surface area contributed by atoms with Crippen LogP contribution in [0.1, 0.15) is 36.8 Å². The molecule has 0 fully saturated rings. The van der Waals surface area contributed by atoms with E-state index in [9.17, 15) is 27.6 Å². The Balaban J connectivity index is 1.92. The second-order valence-electron chi connectivity index (χ2n) is 6.17. The highest BCUT2D eigenvalue weighted by atomic mass is 32.1. The number of benzene rings is 1. The van der Waals surface area contributed by atoms with E-state index in [1.165, 1.54) is 25.2 Å². The van der Waals surface area contributed by atoms with Gasteiger partial charge in [0.15, 0.2) is 6.10 Å². The molecular formula is C19H19F3N2O4S. The van der Waals surface area contributed by atoms with E-state index >= 15 is 0 Å². The fourth-order valence-electron chi connectivity index (χ4n) is 2.41. The zero-order valence-electron chi connectivity index (χ0n) is 15.6. The zero-order chi connectivity index (χ0) is 21.6. The van der Waals surface area contributed by atoms with Crippen molar-refractivity contribution >= 4 is 34.8 Å². The Kier molecular flexibility index (Phi) is 7.38. The fraction of sp³-hybridized carbons (Fsp3) is 0.316. The molecule has 0 aliphatic rings. The summed E-state index contributed by atoms with van der Waals surface area (Å²) in [6.45, 7) is 2.67. The molecule has 6 nitrogen and oxygen atoms in total. The third-order valence-electron chi connectivity index (χ3n) is 3.79. The van der Waals surface area contributed by atoms with Gasteiger partial charge in [0, 0.05) is 17.5 Å². The Labute approximate surface area is 169 Å². The summed E-state index contributed by atoms with van der Waals surface area (Å²) in [6.07, 6.45) is -5.82. The first-order valence-corrected chi connectivity index (χ1v) is 9.42. The second kappa shape index (κ2) is 9.55. The van der Waals surface area contributed by atoms with E-state index in [1.54, 1.807) is 17.5 Å². The molecule has 0 aliphatic carbocycles. The maximum absolute atomic E-state index is 12.6. The van der Waals surface area contributed by atoms with Gasteiger partial charge in [0.25, 0.3) is 5.91 Å². The van der Waals surface area contributed by atoms with E-state index < -0.39 is 35.8 Å². The number of halogens is 3. The number of hydrogen-bond acceptors (Lipinski definition) is 5. The van der Waals surface area contributed by atoms with Crippen molar-refractivity contribution in [2.45, 2.75) is 38.6 Å². The number of rotatable bonds is 7. The minimum Gasteiger partial charge on any atom is -0.452 e. The number of alkyl halides is 3. The SMILES string of the molecule is CC(=O)NC(CC(=O)OC(C)C(=O)Nc1ccc(C(F)(F)F)cc1)c1cccs1. The summed E-state index contributed by atoms with van der Waals surface area (Å²) in [5.41, 5.74) is -0.701. The van der Waals surface area contributed by atoms with Crippen LogP contribution in [0.2, 0.25) is 0 Å². The van der Waals surface area contributed by atoms with Crippen molar-refractivity contribution in [3.05, 3.63) is 52.2 Å². The van der Waals surface area contributed by atoms with E-state index in [4.69, 9.17) is 4.74 Å². The maximum atomic E-state index is 12.6. The van der Waals surface area contributed by atoms with Gasteiger partial charge in [-0.2, -0.15) is 13.2 Å². The molecule has 0 aliphatic heterocycles. The van der Waals surface area contributed by atoms with Gasteiger partial charge in [0.2, 0.25) is 5.91 Å². The van der Waals surface area contributed by atoms with Crippen LogP contribution in [0.4, 0.5) is 18.9 Å². The fourth-order valence-corrected chi connectivity index (χ4v) is 3.19. The molecule has 1 aromatic carbocycles. The summed E-state index contributed by atoms with van der Waals surface area (Å²) in [4.78, 5) is 36.4. The predicted molar refractivity (Wildman–Crippen MR) is 101 cm³/mol. The monoisotopic (exact) mass is 428 g/mol. The number of amides is 2. The van der Waals surface area contributed by atoms with Crippen LogP contribution in [0, 0.1) is 0 Å². The molecule has 2 aromatic rings. The van der Waals surface area contributed by atoms with Crippen LogP contribution in [0.15, 0.2) is 41.8 Å². The normalized spacial score (nSPS) is 13.3. The first kappa shape index (κ1) is 22.4. The van der Waals surface area contributed by atoms with Crippen LogP contribution in [0.3, 0.4) is 0 Å². The standard InChI is InChI=1S/C19H19F3N2O4S/c1-11(18(27)24-14-7-5-13(6-8-14)19(20,21)22)28-17(26)10-15(23-12(2)25)16-4-3-9-29-16/h3-9,11,15H,10H2,1-2H3,(H,23,25)(H,24,27). The van der Waals surface area contributed by atoms with Gasteiger partial charge in [-0.1, -0.05) is 6.07 Å². The molecule has 29 heavy (non-hydrogen) atoms. The number of anilines is 1. The number of carbonyl (C=O) groups is 3. The Hall–Kier alpha value is -2.88. The van der Waals surface area contributed by atoms with Crippen molar-refractivity contribution in [3.8, 4) is 0 Å². The van der Waals surface area contributed by atoms with Crippen molar-refractivity contribution in [1.82, 2.24) is 5.32 Å². The summed E-state index contributed by atoms with van der Waals surface area (Å²) < 4.78 is 42.8. The van der Waals surface area contributed by atoms with Crippen molar-refractivity contribution in [2.24, 2.45) is 0 Å². The molecule has 2 amide bonds. The first-order chi connectivity index (χ1) is 13.6. The van der Waals surface area contributed by atoms with Gasteiger partial charge in [-0.15, -0.1) is 11.3 Å². The quantitative estimate of drug-likeness (QED) is 0.655. The molecular weight excluding hydrogens is 409 g/mol. The Morgan fingerprint density at radius 2 is 1.79 bits per heavy atom. The number of carbonyl (C=O) groups excluding carboxylic acids is 3. The summed E-state index contributed by atoms with van der Waals surface area (Å²) in [6, 6.07) is 6.86. The Bertz CT molecular complexity index is 851. The van der Waals surface area contributed by atoms with Gasteiger partial charge < -0.3 is 15.4 Å². The van der Waals surface area contributed by atoms with Gasteiger partial charge in [-0.05, 0) is 42.6 Å². The maximum Gasteiger partial charge on any atom is 0.416 e. The number of thiophene rings is 1. The smallest absolute Gasteiger partial charge is 0.416 e. The minimum absolute atomic E-state index is 0.139. The average molecular weight is 428 g/mol. The van der Waals surface area contributed by atoms with Crippen molar-refractivity contribution in [1.29, 1.82) is 0 Å². The van der Waals surface area contributed by atoms with E-state index in [1.807, 2.05) is 0 Å². The molecule has 0 saturated carbocycles. The predicted octanol–water partition coefficient (Wildman–Crippen LogP) is 3.90. The molecule has 2 atom stereocenters. The van der Waals surface area contributed by atoms with Gasteiger partial charge in [0.05, 0.1) is 18.0 Å². The Morgan fingerprint density at radius 3 is 2.31 bits per heavy atom. The molecule has 2 rings (SSSR count). The van der Waals surface area contributed by atoms with E-state index in [0.29, 0.717) is 0 Å². The van der Waals surface area contributed by atoms with Gasteiger partial charge in [0.1, 0.15) is 0 Å². The van der Waals surface area contributed by atoms with Crippen LogP contribution in [-0.2, 0) is 25.3 Å². The average Bonchev–Trinajstić information content (AvgIpc) is 3.15. The lowest BCUT2D eigenvalue weighted by atomic mass is 10.1. The van der Waals surface area contributed by atoms with Crippen LogP contribution in [0.5, 0.6) is 0 Å². The Morgan fingerprint density at radius 1 is 1.14 bits per heavy atom. The molecule has 1 heterocycles. The minimum atomic E-state index is -4.47. The van der Waals surface area contributed by atoms with Gasteiger partial charge in [-0.25, -0.2) is 0 Å². The highest BCUT2D eigenvalue weighted by molar-refractivity contribution is 7.10.